The summed E-state index contributed by atoms with van der Waals surface area (Å²) in [6.07, 6.45) is 0.383. The number of ether oxygens (including phenoxy) is 1. The minimum absolute atomic E-state index is 0.307. The number of allylic oxidation sites excluding steroid dienone is 1. The lowest BCUT2D eigenvalue weighted by Crippen LogP contribution is -2.01. The van der Waals surface area contributed by atoms with Gasteiger partial charge in [0.1, 0.15) is 11.6 Å². The third-order valence-corrected chi connectivity index (χ3v) is 2.41. The van der Waals surface area contributed by atoms with Gasteiger partial charge in [0, 0.05) is 11.6 Å². The predicted octanol–water partition coefficient (Wildman–Crippen LogP) is 3.22. The molecule has 2 nitrogen and oxygen atoms in total. The molecule has 88 valence electrons. The van der Waals surface area contributed by atoms with Crippen LogP contribution >= 0.6 is 0 Å². The van der Waals surface area contributed by atoms with Crippen LogP contribution in [0.25, 0.3) is 0 Å². The van der Waals surface area contributed by atoms with Crippen molar-refractivity contribution in [3.8, 4) is 5.75 Å². The number of aliphatic hydroxyl groups is 1. The summed E-state index contributed by atoms with van der Waals surface area (Å²) in [5, 5.41) is 9.79. The van der Waals surface area contributed by atoms with Crippen LogP contribution in [0.4, 0.5) is 4.39 Å². The van der Waals surface area contributed by atoms with Gasteiger partial charge in [-0.15, -0.1) is 6.58 Å². The Balaban J connectivity index is 2.75. The molecule has 1 N–H and O–H groups in total. The Morgan fingerprint density at radius 1 is 1.56 bits per heavy atom. The van der Waals surface area contributed by atoms with Gasteiger partial charge in [0.15, 0.2) is 0 Å². The monoisotopic (exact) mass is 224 g/mol. The first-order chi connectivity index (χ1) is 7.54. The van der Waals surface area contributed by atoms with Gasteiger partial charge >= 0.3 is 0 Å². The van der Waals surface area contributed by atoms with Crippen LogP contribution in [-0.2, 0) is 0 Å². The van der Waals surface area contributed by atoms with E-state index < -0.39 is 11.9 Å². The number of methoxy groups -OCH3 is 1. The molecule has 0 aliphatic carbocycles. The van der Waals surface area contributed by atoms with E-state index in [1.54, 1.807) is 12.1 Å². The molecule has 1 atom stereocenters. The van der Waals surface area contributed by atoms with Crippen LogP contribution in [0.2, 0.25) is 0 Å². The van der Waals surface area contributed by atoms with Crippen molar-refractivity contribution < 1.29 is 14.2 Å². The van der Waals surface area contributed by atoms with E-state index in [1.807, 2.05) is 6.92 Å². The fraction of sp³-hybridized carbons (Fsp3) is 0.385. The van der Waals surface area contributed by atoms with Gasteiger partial charge in [0.05, 0.1) is 13.2 Å². The number of halogens is 1. The Kier molecular flexibility index (Phi) is 4.50. The summed E-state index contributed by atoms with van der Waals surface area (Å²) >= 11 is 0. The van der Waals surface area contributed by atoms with E-state index in [0.29, 0.717) is 24.2 Å². The fourth-order valence-electron chi connectivity index (χ4n) is 1.44. The largest absolute Gasteiger partial charge is 0.497 e. The average molecular weight is 224 g/mol. The van der Waals surface area contributed by atoms with Crippen molar-refractivity contribution in [1.29, 1.82) is 0 Å². The molecule has 0 saturated carbocycles. The normalized spacial score (nSPS) is 12.2. The van der Waals surface area contributed by atoms with Crippen molar-refractivity contribution >= 4 is 0 Å². The second-order valence-electron chi connectivity index (χ2n) is 3.90. The van der Waals surface area contributed by atoms with Gasteiger partial charge in [0.25, 0.3) is 0 Å². The van der Waals surface area contributed by atoms with Crippen molar-refractivity contribution in [1.82, 2.24) is 0 Å². The molecular formula is C13H17FO2. The van der Waals surface area contributed by atoms with Gasteiger partial charge < -0.3 is 9.84 Å². The summed E-state index contributed by atoms with van der Waals surface area (Å²) in [6.45, 7) is 5.63. The highest BCUT2D eigenvalue weighted by molar-refractivity contribution is 5.30. The molecule has 1 unspecified atom stereocenters. The molecule has 16 heavy (non-hydrogen) atoms. The number of rotatable bonds is 5. The number of hydrogen-bond donors (Lipinski definition) is 1. The maximum absolute atomic E-state index is 13.5. The zero-order valence-corrected chi connectivity index (χ0v) is 9.66. The minimum Gasteiger partial charge on any atom is -0.497 e. The zero-order valence-electron chi connectivity index (χ0n) is 9.66. The molecule has 0 aromatic heterocycles. The predicted molar refractivity (Wildman–Crippen MR) is 62.0 cm³/mol. The van der Waals surface area contributed by atoms with Crippen LogP contribution in [-0.4, -0.2) is 12.2 Å². The van der Waals surface area contributed by atoms with Crippen molar-refractivity contribution in [3.05, 3.63) is 41.7 Å². The van der Waals surface area contributed by atoms with Crippen molar-refractivity contribution in [2.24, 2.45) is 0 Å². The topological polar surface area (TPSA) is 29.5 Å². The lowest BCUT2D eigenvalue weighted by atomic mass is 10.0. The molecule has 0 bridgehead atoms. The maximum Gasteiger partial charge on any atom is 0.132 e. The minimum atomic E-state index is -0.789. The number of hydrogen-bond acceptors (Lipinski definition) is 2. The summed E-state index contributed by atoms with van der Waals surface area (Å²) in [6, 6.07) is 4.47. The SMILES string of the molecule is C=C(C)CCC(O)c1ccc(OC)cc1F. The van der Waals surface area contributed by atoms with Crippen LogP contribution in [0, 0.1) is 5.82 Å². The molecule has 0 spiro atoms. The Labute approximate surface area is 95.4 Å². The number of benzene rings is 1. The zero-order chi connectivity index (χ0) is 12.1. The smallest absolute Gasteiger partial charge is 0.132 e. The van der Waals surface area contributed by atoms with E-state index in [9.17, 15) is 9.50 Å². The van der Waals surface area contributed by atoms with E-state index in [1.165, 1.54) is 13.2 Å². The highest BCUT2D eigenvalue weighted by atomic mass is 19.1. The van der Waals surface area contributed by atoms with Crippen molar-refractivity contribution in [2.75, 3.05) is 7.11 Å². The quantitative estimate of drug-likeness (QED) is 0.778. The van der Waals surface area contributed by atoms with E-state index in [0.717, 1.165) is 5.57 Å². The highest BCUT2D eigenvalue weighted by Crippen LogP contribution is 2.25. The third kappa shape index (κ3) is 3.35. The molecule has 1 rings (SSSR count). The van der Waals surface area contributed by atoms with Gasteiger partial charge in [-0.1, -0.05) is 5.57 Å². The van der Waals surface area contributed by atoms with Crippen LogP contribution < -0.4 is 4.74 Å². The lowest BCUT2D eigenvalue weighted by molar-refractivity contribution is 0.163. The van der Waals surface area contributed by atoms with Gasteiger partial charge in [-0.05, 0) is 31.9 Å². The molecule has 1 aromatic rings. The summed E-state index contributed by atoms with van der Waals surface area (Å²) in [5.41, 5.74) is 1.29. The van der Waals surface area contributed by atoms with Crippen LogP contribution in [0.1, 0.15) is 31.4 Å². The molecule has 0 aliphatic heterocycles. The van der Waals surface area contributed by atoms with Gasteiger partial charge in [0.2, 0.25) is 0 Å². The summed E-state index contributed by atoms with van der Waals surface area (Å²) < 4.78 is 18.4. The fourth-order valence-corrected chi connectivity index (χ4v) is 1.44. The van der Waals surface area contributed by atoms with E-state index in [2.05, 4.69) is 6.58 Å². The summed E-state index contributed by atoms with van der Waals surface area (Å²) in [7, 11) is 1.48. The Hall–Kier alpha value is -1.35. The first kappa shape index (κ1) is 12.7. The molecule has 0 radical (unpaired) electrons. The Morgan fingerprint density at radius 3 is 2.75 bits per heavy atom. The van der Waals surface area contributed by atoms with Crippen LogP contribution in [0.15, 0.2) is 30.4 Å². The molecule has 3 heteroatoms. The summed E-state index contributed by atoms with van der Waals surface area (Å²) in [4.78, 5) is 0. The second-order valence-corrected chi connectivity index (χ2v) is 3.90. The standard InChI is InChI=1S/C13H17FO2/c1-9(2)4-7-13(15)11-6-5-10(16-3)8-12(11)14/h5-6,8,13,15H,1,4,7H2,2-3H3. The van der Waals surface area contributed by atoms with Crippen molar-refractivity contribution in [2.45, 2.75) is 25.9 Å². The van der Waals surface area contributed by atoms with Crippen molar-refractivity contribution in [3.63, 3.8) is 0 Å². The van der Waals surface area contributed by atoms with E-state index >= 15 is 0 Å². The molecule has 0 saturated heterocycles. The molecule has 0 aliphatic rings. The van der Waals surface area contributed by atoms with Crippen LogP contribution in [0.5, 0.6) is 5.75 Å². The highest BCUT2D eigenvalue weighted by Gasteiger charge is 2.13. The van der Waals surface area contributed by atoms with Gasteiger partial charge in [-0.25, -0.2) is 4.39 Å². The Morgan fingerprint density at radius 2 is 2.25 bits per heavy atom. The lowest BCUT2D eigenvalue weighted by Gasteiger charge is -2.12. The van der Waals surface area contributed by atoms with Gasteiger partial charge in [-0.3, -0.25) is 0 Å². The molecule has 1 aromatic carbocycles. The molecular weight excluding hydrogens is 207 g/mol. The first-order valence-electron chi connectivity index (χ1n) is 5.20. The second kappa shape index (κ2) is 5.66. The van der Waals surface area contributed by atoms with E-state index in [-0.39, 0.29) is 0 Å². The van der Waals surface area contributed by atoms with Crippen LogP contribution in [0.3, 0.4) is 0 Å². The van der Waals surface area contributed by atoms with Gasteiger partial charge in [-0.2, -0.15) is 0 Å². The van der Waals surface area contributed by atoms with E-state index in [4.69, 9.17) is 4.74 Å². The Bertz CT molecular complexity index is 374. The molecule has 0 amide bonds. The summed E-state index contributed by atoms with van der Waals surface area (Å²) in [5.74, 6) is 0.0157. The number of aliphatic hydroxyl groups excluding tert-OH is 1. The molecule has 0 fully saturated rings. The first-order valence-corrected chi connectivity index (χ1v) is 5.20. The molecule has 0 heterocycles. The third-order valence-electron chi connectivity index (χ3n) is 2.41. The average Bonchev–Trinajstić information content (AvgIpc) is 2.25. The maximum atomic E-state index is 13.5.